The highest BCUT2D eigenvalue weighted by Gasteiger charge is 2.60. The van der Waals surface area contributed by atoms with Crippen LogP contribution in [0.5, 0.6) is 5.75 Å². The second-order valence-electron chi connectivity index (χ2n) is 11.7. The molecular weight excluding hydrogens is 526 g/mol. The van der Waals surface area contributed by atoms with Crippen LogP contribution in [0.25, 0.3) is 16.9 Å². The van der Waals surface area contributed by atoms with Crippen LogP contribution in [0.2, 0.25) is 0 Å². The number of primary amides is 1. The molecule has 2 aromatic carbocycles. The highest BCUT2D eigenvalue weighted by molar-refractivity contribution is 6.22. The largest absolute Gasteiger partial charge is 0.508 e. The van der Waals surface area contributed by atoms with Crippen LogP contribution in [-0.4, -0.2) is 86.5 Å². The number of benzene rings is 2. The van der Waals surface area contributed by atoms with E-state index in [1.165, 1.54) is 11.6 Å². The number of ketones is 2. The molecule has 6 N–H and O–H groups in total. The Kier molecular flexibility index (Phi) is 6.52. The number of nitrogens with two attached hydrogens (primary N) is 1. The van der Waals surface area contributed by atoms with Gasteiger partial charge in [-0.1, -0.05) is 30.3 Å². The Morgan fingerprint density at radius 3 is 2.34 bits per heavy atom. The first-order valence-corrected chi connectivity index (χ1v) is 13.8. The number of nitrogens with zero attached hydrogens (tertiary/aromatic N) is 2. The molecule has 1 saturated heterocycles. The van der Waals surface area contributed by atoms with E-state index >= 15 is 0 Å². The van der Waals surface area contributed by atoms with Gasteiger partial charge >= 0.3 is 0 Å². The van der Waals surface area contributed by atoms with Gasteiger partial charge in [-0.05, 0) is 54.1 Å². The maximum absolute atomic E-state index is 13.7. The number of piperazine rings is 1. The Labute approximate surface area is 237 Å². The van der Waals surface area contributed by atoms with Gasteiger partial charge in [-0.15, -0.1) is 0 Å². The molecule has 1 heterocycles. The standard InChI is InChI=1S/C31H33N3O7/c1-33-8-10-34(11-9-33)15-16-2-4-17(5-3-16)20-6-7-22(35)25-21(20)13-18-12-19-14-23(36)26(30(32)40)29(39)31(19,41)28(38)24(18)27(25)37/h2-7,18-19,35,37,39,41H,8-15H2,1H3,(H2,32,40)/t18-,19+,31+/m1/s1. The number of fused-ring (bicyclic) bond motifs is 3. The van der Waals surface area contributed by atoms with Crippen LogP contribution in [0.15, 0.2) is 53.3 Å². The Bertz CT molecular complexity index is 1540. The lowest BCUT2D eigenvalue weighted by molar-refractivity contribution is -0.147. The molecule has 214 valence electrons. The first kappa shape index (κ1) is 27.2. The van der Waals surface area contributed by atoms with E-state index in [9.17, 15) is 34.8 Å². The van der Waals surface area contributed by atoms with Crippen molar-refractivity contribution in [2.24, 2.45) is 17.6 Å². The Balaban J connectivity index is 1.37. The van der Waals surface area contributed by atoms with Crippen molar-refractivity contribution in [1.82, 2.24) is 9.80 Å². The molecule has 0 spiro atoms. The zero-order chi connectivity index (χ0) is 29.2. The third kappa shape index (κ3) is 4.25. The van der Waals surface area contributed by atoms with Crippen molar-refractivity contribution in [2.45, 2.75) is 31.4 Å². The second-order valence-corrected chi connectivity index (χ2v) is 11.7. The van der Waals surface area contributed by atoms with Crippen molar-refractivity contribution in [1.29, 1.82) is 0 Å². The fourth-order valence-electron chi connectivity index (χ4n) is 6.95. The summed E-state index contributed by atoms with van der Waals surface area (Å²) in [6, 6.07) is 11.4. The molecule has 10 nitrogen and oxygen atoms in total. The van der Waals surface area contributed by atoms with Crippen LogP contribution >= 0.6 is 0 Å². The number of amides is 1. The molecule has 3 aliphatic carbocycles. The molecule has 0 bridgehead atoms. The zero-order valence-corrected chi connectivity index (χ0v) is 22.8. The van der Waals surface area contributed by atoms with Crippen molar-refractivity contribution in [3.8, 4) is 16.9 Å². The number of aliphatic hydroxyl groups excluding tert-OH is 2. The van der Waals surface area contributed by atoms with Gasteiger partial charge in [-0.3, -0.25) is 19.3 Å². The number of carbonyl (C=O) groups is 3. The van der Waals surface area contributed by atoms with Gasteiger partial charge in [0, 0.05) is 50.6 Å². The number of aliphatic hydroxyl groups is 3. The van der Waals surface area contributed by atoms with Gasteiger partial charge in [0.15, 0.2) is 11.4 Å². The summed E-state index contributed by atoms with van der Waals surface area (Å²) < 4.78 is 0. The van der Waals surface area contributed by atoms with Crippen LogP contribution in [0.3, 0.4) is 0 Å². The summed E-state index contributed by atoms with van der Waals surface area (Å²) >= 11 is 0. The summed E-state index contributed by atoms with van der Waals surface area (Å²) in [6.07, 6.45) is 0.0206. The number of hydrogen-bond donors (Lipinski definition) is 5. The van der Waals surface area contributed by atoms with E-state index in [2.05, 4.69) is 29.0 Å². The van der Waals surface area contributed by atoms with Crippen molar-refractivity contribution >= 4 is 23.2 Å². The van der Waals surface area contributed by atoms with E-state index in [1.54, 1.807) is 6.07 Å². The Hall–Kier alpha value is -3.99. The number of aromatic hydroxyl groups is 1. The number of phenols is 1. The maximum atomic E-state index is 13.7. The topological polar surface area (TPSA) is 165 Å². The van der Waals surface area contributed by atoms with E-state index < -0.39 is 52.0 Å². The molecule has 2 aromatic rings. The first-order valence-electron chi connectivity index (χ1n) is 13.8. The number of carbonyl (C=O) groups excluding carboxylic acids is 3. The van der Waals surface area contributed by atoms with Gasteiger partial charge in [-0.25, -0.2) is 0 Å². The normalized spacial score (nSPS) is 27.0. The molecule has 4 aliphatic rings. The van der Waals surface area contributed by atoms with E-state index in [0.29, 0.717) is 5.56 Å². The number of rotatable bonds is 4. The summed E-state index contributed by atoms with van der Waals surface area (Å²) in [4.78, 5) is 42.8. The number of hydrogen-bond acceptors (Lipinski definition) is 9. The third-order valence-corrected chi connectivity index (χ3v) is 9.21. The predicted molar refractivity (Wildman–Crippen MR) is 150 cm³/mol. The van der Waals surface area contributed by atoms with Crippen LogP contribution in [0.1, 0.15) is 29.5 Å². The van der Waals surface area contributed by atoms with Crippen molar-refractivity contribution in [3.63, 3.8) is 0 Å². The van der Waals surface area contributed by atoms with Gasteiger partial charge in [0.25, 0.3) is 5.91 Å². The van der Waals surface area contributed by atoms with Gasteiger partial charge < -0.3 is 31.1 Å². The third-order valence-electron chi connectivity index (χ3n) is 9.21. The number of phenolic OH excluding ortho intramolecular Hbond substituents is 1. The summed E-state index contributed by atoms with van der Waals surface area (Å²) in [6.45, 7) is 4.94. The fourth-order valence-corrected chi connectivity index (χ4v) is 6.95. The fraction of sp³-hybridized carbons (Fsp3) is 0.387. The van der Waals surface area contributed by atoms with E-state index in [4.69, 9.17) is 5.73 Å². The molecule has 41 heavy (non-hydrogen) atoms. The van der Waals surface area contributed by atoms with Crippen molar-refractivity contribution < 1.29 is 34.8 Å². The molecule has 0 unspecified atom stereocenters. The monoisotopic (exact) mass is 559 g/mol. The molecular formula is C31H33N3O7. The molecule has 2 fully saturated rings. The molecule has 6 rings (SSSR count). The first-order chi connectivity index (χ1) is 19.5. The van der Waals surface area contributed by atoms with Crippen LogP contribution in [0, 0.1) is 11.8 Å². The van der Waals surface area contributed by atoms with Gasteiger partial charge in [0.2, 0.25) is 5.78 Å². The predicted octanol–water partition coefficient (Wildman–Crippen LogP) is 1.84. The van der Waals surface area contributed by atoms with Crippen LogP contribution in [0.4, 0.5) is 0 Å². The number of Topliss-reactive ketones (excluding diaryl/α,β-unsaturated/α-hetero) is 2. The average Bonchev–Trinajstić information content (AvgIpc) is 2.92. The average molecular weight is 560 g/mol. The quantitative estimate of drug-likeness (QED) is 0.352. The van der Waals surface area contributed by atoms with Crippen LogP contribution < -0.4 is 5.73 Å². The number of likely N-dealkylation sites (N-methyl/N-ethyl adjacent to an activating group) is 1. The molecule has 1 amide bonds. The van der Waals surface area contributed by atoms with Crippen LogP contribution in [-0.2, 0) is 27.3 Å². The summed E-state index contributed by atoms with van der Waals surface area (Å²) in [5, 5.41) is 44.3. The lowest BCUT2D eigenvalue weighted by atomic mass is 9.59. The van der Waals surface area contributed by atoms with E-state index in [-0.39, 0.29) is 36.1 Å². The molecule has 3 atom stereocenters. The molecule has 1 aliphatic heterocycles. The SMILES string of the molecule is CN1CCN(Cc2ccc(-c3ccc(O)c4c3C[C@H]3C[C@H]5CC(=O)C(C(N)=O)=C(O)[C@@]5(O)C(=O)C3=C4O)cc2)CC1. The maximum Gasteiger partial charge on any atom is 0.255 e. The van der Waals surface area contributed by atoms with E-state index in [1.807, 2.05) is 12.1 Å². The lowest BCUT2D eigenvalue weighted by Crippen LogP contribution is -2.58. The minimum atomic E-state index is -2.57. The molecule has 0 radical (unpaired) electrons. The summed E-state index contributed by atoms with van der Waals surface area (Å²) in [5.74, 6) is -6.32. The summed E-state index contributed by atoms with van der Waals surface area (Å²) in [5.41, 5.74) is 5.35. The van der Waals surface area contributed by atoms with E-state index in [0.717, 1.165) is 43.9 Å². The zero-order valence-electron chi connectivity index (χ0n) is 22.8. The Morgan fingerprint density at radius 2 is 1.68 bits per heavy atom. The minimum Gasteiger partial charge on any atom is -0.508 e. The molecule has 1 saturated carbocycles. The minimum absolute atomic E-state index is 0.0937. The lowest BCUT2D eigenvalue weighted by Gasteiger charge is -2.46. The van der Waals surface area contributed by atoms with Gasteiger partial charge in [-0.2, -0.15) is 0 Å². The van der Waals surface area contributed by atoms with Crippen molar-refractivity contribution in [3.05, 3.63) is 70.0 Å². The Morgan fingerprint density at radius 1 is 1.00 bits per heavy atom. The van der Waals surface area contributed by atoms with Gasteiger partial charge in [0.1, 0.15) is 22.8 Å². The smallest absolute Gasteiger partial charge is 0.255 e. The molecule has 0 aromatic heterocycles. The highest BCUT2D eigenvalue weighted by Crippen LogP contribution is 2.53. The molecule has 10 heteroatoms. The highest BCUT2D eigenvalue weighted by atomic mass is 16.3. The second kappa shape index (κ2) is 9.83. The van der Waals surface area contributed by atoms with Gasteiger partial charge in [0.05, 0.1) is 5.56 Å². The van der Waals surface area contributed by atoms with Crippen molar-refractivity contribution in [2.75, 3.05) is 33.2 Å². The summed E-state index contributed by atoms with van der Waals surface area (Å²) in [7, 11) is 2.12.